The molecule has 4 aliphatic heterocycles. The fourth-order valence-corrected chi connectivity index (χ4v) is 10.1. The van der Waals surface area contributed by atoms with Crippen molar-refractivity contribution < 1.29 is 22.7 Å². The van der Waals surface area contributed by atoms with Crippen molar-refractivity contribution in [3.05, 3.63) is 82.3 Å². The van der Waals surface area contributed by atoms with Gasteiger partial charge in [-0.15, -0.1) is 0 Å². The van der Waals surface area contributed by atoms with Crippen molar-refractivity contribution in [2.75, 3.05) is 36.4 Å². The minimum absolute atomic E-state index is 0.00594. The number of anilines is 2. The van der Waals surface area contributed by atoms with E-state index < -0.39 is 10.0 Å². The zero-order chi connectivity index (χ0) is 37.0. The van der Waals surface area contributed by atoms with E-state index in [9.17, 15) is 22.8 Å². The quantitative estimate of drug-likeness (QED) is 0.241. The van der Waals surface area contributed by atoms with E-state index in [1.165, 1.54) is 15.4 Å². The van der Waals surface area contributed by atoms with Gasteiger partial charge in [0, 0.05) is 68.0 Å². The van der Waals surface area contributed by atoms with Crippen LogP contribution in [0.3, 0.4) is 0 Å². The molecule has 4 aromatic rings. The Morgan fingerprint density at radius 1 is 0.852 bits per heavy atom. The number of carbonyl (C=O) groups is 2. The average Bonchev–Trinajstić information content (AvgIpc) is 3.84. The molecule has 9 rings (SSSR count). The standard InChI is InChI=1S/C39H44N8O6S/c48-35-13-12-34(38(50)42-35)45-21-26-5-7-30(19-27(26)22-45)44-23-32(24-44)53-31-8-10-33(11-9-31)54(51,52)46-17-15-28(16-18-46)41-39-40-20-25-6-14-36(49)47(37(25)43-39)29-3-1-2-4-29/h5-11,14,19-20,28-29,32,34H,1-4,12-13,15-18,21-24H2,(H,40,41,43)(H,42,48,50). The number of fused-ring (bicyclic) bond motifs is 2. The number of hydrogen-bond acceptors (Lipinski definition) is 11. The molecule has 54 heavy (non-hydrogen) atoms. The maximum atomic E-state index is 13.6. The van der Waals surface area contributed by atoms with Crippen LogP contribution in [0.15, 0.2) is 70.5 Å². The molecule has 3 saturated heterocycles. The van der Waals surface area contributed by atoms with Gasteiger partial charge in [0.2, 0.25) is 27.8 Å². The molecule has 2 N–H and O–H groups in total. The number of rotatable bonds is 9. The molecule has 14 nitrogen and oxygen atoms in total. The third kappa shape index (κ3) is 6.73. The first-order valence-corrected chi connectivity index (χ1v) is 20.5. The van der Waals surface area contributed by atoms with Crippen LogP contribution in [0.1, 0.15) is 68.5 Å². The summed E-state index contributed by atoms with van der Waals surface area (Å²) in [5.74, 6) is 0.680. The van der Waals surface area contributed by atoms with Gasteiger partial charge < -0.3 is 15.0 Å². The van der Waals surface area contributed by atoms with Gasteiger partial charge >= 0.3 is 0 Å². The maximum Gasteiger partial charge on any atom is 0.252 e. The van der Waals surface area contributed by atoms with Gasteiger partial charge in [-0.25, -0.2) is 13.4 Å². The predicted octanol–water partition coefficient (Wildman–Crippen LogP) is 3.56. The summed E-state index contributed by atoms with van der Waals surface area (Å²) in [6.07, 6.45) is 8.03. The number of piperidine rings is 2. The summed E-state index contributed by atoms with van der Waals surface area (Å²) in [7, 11) is -3.68. The number of nitrogens with zero attached hydrogens (tertiary/aromatic N) is 6. The molecule has 4 fully saturated rings. The van der Waals surface area contributed by atoms with Gasteiger partial charge in [0.25, 0.3) is 5.56 Å². The Bertz CT molecular complexity index is 2260. The van der Waals surface area contributed by atoms with Crippen LogP contribution >= 0.6 is 0 Å². The summed E-state index contributed by atoms with van der Waals surface area (Å²) in [4.78, 5) is 50.6. The van der Waals surface area contributed by atoms with Crippen LogP contribution in [0, 0.1) is 0 Å². The first-order valence-electron chi connectivity index (χ1n) is 19.0. The topological polar surface area (TPSA) is 159 Å². The van der Waals surface area contributed by atoms with Crippen molar-refractivity contribution in [1.29, 1.82) is 0 Å². The molecule has 5 aliphatic rings. The molecule has 1 saturated carbocycles. The molecule has 0 radical (unpaired) electrons. The molecule has 2 aromatic heterocycles. The molecule has 0 bridgehead atoms. The normalized spacial score (nSPS) is 22.0. The average molecular weight is 753 g/mol. The van der Waals surface area contributed by atoms with Crippen LogP contribution in [-0.2, 0) is 32.7 Å². The summed E-state index contributed by atoms with van der Waals surface area (Å²) < 4.78 is 36.7. The number of pyridine rings is 1. The number of carbonyl (C=O) groups excluding carboxylic acids is 2. The lowest BCUT2D eigenvalue weighted by Crippen LogP contribution is -2.54. The van der Waals surface area contributed by atoms with Crippen molar-refractivity contribution in [2.24, 2.45) is 0 Å². The van der Waals surface area contributed by atoms with Gasteiger partial charge in [0.1, 0.15) is 17.5 Å². The molecular formula is C39H44N8O6S. The number of benzene rings is 2. The summed E-state index contributed by atoms with van der Waals surface area (Å²) in [6, 6.07) is 16.4. The number of aromatic nitrogens is 3. The van der Waals surface area contributed by atoms with Crippen molar-refractivity contribution >= 4 is 44.5 Å². The van der Waals surface area contributed by atoms with Crippen molar-refractivity contribution in [3.63, 3.8) is 0 Å². The van der Waals surface area contributed by atoms with Crippen LogP contribution in [0.2, 0.25) is 0 Å². The van der Waals surface area contributed by atoms with Gasteiger partial charge in [-0.3, -0.25) is 29.2 Å². The van der Waals surface area contributed by atoms with Gasteiger partial charge in [0.05, 0.1) is 24.0 Å². The molecule has 6 heterocycles. The first kappa shape index (κ1) is 34.9. The molecule has 1 aliphatic carbocycles. The third-order valence-corrected chi connectivity index (χ3v) is 13.6. The van der Waals surface area contributed by atoms with E-state index >= 15 is 0 Å². The second-order valence-electron chi connectivity index (χ2n) is 15.2. The summed E-state index contributed by atoms with van der Waals surface area (Å²) in [5, 5.41) is 6.69. The highest BCUT2D eigenvalue weighted by Gasteiger charge is 2.36. The molecule has 15 heteroatoms. The highest BCUT2D eigenvalue weighted by molar-refractivity contribution is 7.89. The fourth-order valence-electron chi connectivity index (χ4n) is 8.66. The second kappa shape index (κ2) is 14.1. The minimum Gasteiger partial charge on any atom is -0.487 e. The molecule has 282 valence electrons. The molecule has 1 unspecified atom stereocenters. The lowest BCUT2D eigenvalue weighted by atomic mass is 10.0. The van der Waals surface area contributed by atoms with Crippen LogP contribution in [-0.4, -0.2) is 88.3 Å². The van der Waals surface area contributed by atoms with Crippen LogP contribution in [0.25, 0.3) is 11.0 Å². The van der Waals surface area contributed by atoms with Gasteiger partial charge in [-0.05, 0) is 85.7 Å². The Hall–Kier alpha value is -4.86. The minimum atomic E-state index is -3.68. The summed E-state index contributed by atoms with van der Waals surface area (Å²) >= 11 is 0. The number of amides is 2. The van der Waals surface area contributed by atoms with Crippen molar-refractivity contribution in [1.82, 2.24) is 29.1 Å². The number of nitrogens with one attached hydrogen (secondary N) is 2. The summed E-state index contributed by atoms with van der Waals surface area (Å²) in [6.45, 7) is 3.54. The second-order valence-corrected chi connectivity index (χ2v) is 17.2. The number of hydrogen-bond donors (Lipinski definition) is 2. The van der Waals surface area contributed by atoms with E-state index in [0.29, 0.717) is 82.3 Å². The maximum absolute atomic E-state index is 13.6. The van der Waals surface area contributed by atoms with Crippen LogP contribution in [0.4, 0.5) is 11.6 Å². The number of imide groups is 1. The highest BCUT2D eigenvalue weighted by Crippen LogP contribution is 2.34. The highest BCUT2D eigenvalue weighted by atomic mass is 32.2. The van der Waals surface area contributed by atoms with E-state index in [2.05, 4.69) is 43.6 Å². The van der Waals surface area contributed by atoms with Crippen molar-refractivity contribution in [2.45, 2.75) is 93.6 Å². The van der Waals surface area contributed by atoms with Crippen LogP contribution < -0.4 is 25.8 Å². The van der Waals surface area contributed by atoms with E-state index in [4.69, 9.17) is 9.72 Å². The predicted molar refractivity (Wildman–Crippen MR) is 202 cm³/mol. The molecule has 2 aromatic carbocycles. The molecule has 2 amide bonds. The van der Waals surface area contributed by atoms with E-state index in [1.807, 2.05) is 4.57 Å². The SMILES string of the molecule is O=C1CCC(N2Cc3ccc(N4CC(Oc5ccc(S(=O)(=O)N6CCC(Nc7ncc8ccc(=O)n(C9CCCC9)c8n7)CC6)cc5)C4)cc3C2)C(=O)N1. The first-order chi connectivity index (χ1) is 26.2. The van der Waals surface area contributed by atoms with E-state index in [1.54, 1.807) is 42.6 Å². The van der Waals surface area contributed by atoms with Gasteiger partial charge in [-0.2, -0.15) is 9.29 Å². The lowest BCUT2D eigenvalue weighted by molar-refractivity contribution is -0.137. The molecule has 0 spiro atoms. The van der Waals surface area contributed by atoms with Crippen molar-refractivity contribution in [3.8, 4) is 5.75 Å². The Morgan fingerprint density at radius 2 is 1.61 bits per heavy atom. The van der Waals surface area contributed by atoms with Gasteiger partial charge in [0.15, 0.2) is 0 Å². The van der Waals surface area contributed by atoms with E-state index in [0.717, 1.165) is 36.8 Å². The number of sulfonamides is 1. The summed E-state index contributed by atoms with van der Waals surface area (Å²) in [5.41, 5.74) is 4.12. The number of ether oxygens (including phenoxy) is 1. The Kier molecular flexibility index (Phi) is 9.10. The smallest absolute Gasteiger partial charge is 0.252 e. The van der Waals surface area contributed by atoms with E-state index in [-0.39, 0.29) is 46.5 Å². The fraction of sp³-hybridized carbons (Fsp3) is 0.462. The monoisotopic (exact) mass is 752 g/mol. The third-order valence-electron chi connectivity index (χ3n) is 11.7. The zero-order valence-corrected chi connectivity index (χ0v) is 30.8. The molecule has 1 atom stereocenters. The Labute approximate surface area is 313 Å². The Balaban J connectivity index is 0.763. The molecular weight excluding hydrogens is 709 g/mol. The van der Waals surface area contributed by atoms with Gasteiger partial charge in [-0.1, -0.05) is 18.9 Å². The lowest BCUT2D eigenvalue weighted by Gasteiger charge is -2.41. The van der Waals surface area contributed by atoms with Crippen LogP contribution in [0.5, 0.6) is 5.75 Å². The zero-order valence-electron chi connectivity index (χ0n) is 30.0. The Morgan fingerprint density at radius 3 is 2.37 bits per heavy atom. The largest absolute Gasteiger partial charge is 0.487 e.